The fourth-order valence-electron chi connectivity index (χ4n) is 3.07. The summed E-state index contributed by atoms with van der Waals surface area (Å²) >= 11 is 0. The number of benzene rings is 2. The van der Waals surface area contributed by atoms with Crippen LogP contribution in [0.25, 0.3) is 0 Å². The lowest BCUT2D eigenvalue weighted by Gasteiger charge is -2.10. The fraction of sp³-hybridized carbons (Fsp3) is 0.238. The van der Waals surface area contributed by atoms with E-state index in [0.29, 0.717) is 24.3 Å². The summed E-state index contributed by atoms with van der Waals surface area (Å²) in [5.74, 6) is -0.272. The van der Waals surface area contributed by atoms with Crippen LogP contribution in [0, 0.1) is 13.8 Å². The summed E-state index contributed by atoms with van der Waals surface area (Å²) in [6, 6.07) is 16.4. The van der Waals surface area contributed by atoms with E-state index in [-0.39, 0.29) is 5.91 Å². The van der Waals surface area contributed by atoms with Crippen molar-refractivity contribution in [1.82, 2.24) is 15.1 Å². The molecule has 0 bridgehead atoms. The molecule has 1 amide bonds. The standard InChI is InChI=1S/C21H24N4O3S/c1-15-10-16(2)25(23-15)14-18-7-4-6-17(11-18)13-22-21(26)19-8-5-9-20(12-19)24-29(3,27)28/h4-12,24H,13-14H2,1-3H3,(H,22,26). The van der Waals surface area contributed by atoms with E-state index in [0.717, 1.165) is 28.8 Å². The minimum Gasteiger partial charge on any atom is -0.348 e. The van der Waals surface area contributed by atoms with Crippen LogP contribution in [0.3, 0.4) is 0 Å². The highest BCUT2D eigenvalue weighted by molar-refractivity contribution is 7.92. The van der Waals surface area contributed by atoms with Gasteiger partial charge in [0.1, 0.15) is 0 Å². The van der Waals surface area contributed by atoms with E-state index >= 15 is 0 Å². The summed E-state index contributed by atoms with van der Waals surface area (Å²) in [5, 5.41) is 7.35. The summed E-state index contributed by atoms with van der Waals surface area (Å²) in [6.45, 7) is 5.03. The third kappa shape index (κ3) is 5.92. The van der Waals surface area contributed by atoms with E-state index in [9.17, 15) is 13.2 Å². The zero-order valence-electron chi connectivity index (χ0n) is 16.6. The summed E-state index contributed by atoms with van der Waals surface area (Å²) < 4.78 is 27.0. The lowest BCUT2D eigenvalue weighted by atomic mass is 10.1. The zero-order chi connectivity index (χ0) is 21.0. The first kappa shape index (κ1) is 20.6. The van der Waals surface area contributed by atoms with Gasteiger partial charge in [0.05, 0.1) is 18.5 Å². The highest BCUT2D eigenvalue weighted by Crippen LogP contribution is 2.13. The Balaban J connectivity index is 1.65. The third-order valence-corrected chi connectivity index (χ3v) is 4.91. The van der Waals surface area contributed by atoms with E-state index in [4.69, 9.17) is 0 Å². The SMILES string of the molecule is Cc1cc(C)n(Cc2cccc(CNC(=O)c3cccc(NS(C)(=O)=O)c3)c2)n1. The van der Waals surface area contributed by atoms with Crippen LogP contribution in [-0.4, -0.2) is 30.4 Å². The van der Waals surface area contributed by atoms with Gasteiger partial charge in [-0.05, 0) is 49.2 Å². The number of rotatable bonds is 7. The van der Waals surface area contributed by atoms with Crippen molar-refractivity contribution in [2.24, 2.45) is 0 Å². The molecule has 7 nitrogen and oxygen atoms in total. The maximum absolute atomic E-state index is 12.5. The second kappa shape index (κ2) is 8.48. The second-order valence-electron chi connectivity index (χ2n) is 7.04. The zero-order valence-corrected chi connectivity index (χ0v) is 17.5. The summed E-state index contributed by atoms with van der Waals surface area (Å²) in [7, 11) is -3.40. The number of aromatic nitrogens is 2. The molecule has 2 N–H and O–H groups in total. The average Bonchev–Trinajstić information content (AvgIpc) is 2.96. The van der Waals surface area contributed by atoms with Crippen LogP contribution in [-0.2, 0) is 23.1 Å². The molecule has 0 saturated heterocycles. The quantitative estimate of drug-likeness (QED) is 0.624. The Hall–Kier alpha value is -3.13. The number of amides is 1. The molecule has 2 aromatic carbocycles. The van der Waals surface area contributed by atoms with Gasteiger partial charge in [-0.3, -0.25) is 14.2 Å². The van der Waals surface area contributed by atoms with Crippen molar-refractivity contribution in [3.05, 3.63) is 82.7 Å². The minimum absolute atomic E-state index is 0.272. The summed E-state index contributed by atoms with van der Waals surface area (Å²) in [5.41, 5.74) is 4.90. The first-order valence-electron chi connectivity index (χ1n) is 9.14. The number of aryl methyl sites for hydroxylation is 2. The number of nitrogens with zero attached hydrogens (tertiary/aromatic N) is 2. The van der Waals surface area contributed by atoms with Gasteiger partial charge >= 0.3 is 0 Å². The number of sulfonamides is 1. The highest BCUT2D eigenvalue weighted by Gasteiger charge is 2.09. The van der Waals surface area contributed by atoms with Crippen LogP contribution in [0.2, 0.25) is 0 Å². The molecule has 1 aromatic heterocycles. The third-order valence-electron chi connectivity index (χ3n) is 4.31. The van der Waals surface area contributed by atoms with Gasteiger partial charge in [-0.25, -0.2) is 8.42 Å². The van der Waals surface area contributed by atoms with Crippen molar-refractivity contribution in [2.45, 2.75) is 26.9 Å². The van der Waals surface area contributed by atoms with E-state index in [1.54, 1.807) is 18.2 Å². The predicted molar refractivity (Wildman–Crippen MR) is 113 cm³/mol. The van der Waals surface area contributed by atoms with Gasteiger partial charge in [-0.1, -0.05) is 30.3 Å². The Morgan fingerprint density at radius 3 is 2.45 bits per heavy atom. The molecule has 0 fully saturated rings. The van der Waals surface area contributed by atoms with E-state index in [1.807, 2.05) is 48.9 Å². The van der Waals surface area contributed by atoms with Gasteiger partial charge in [0.25, 0.3) is 5.91 Å². The number of carbonyl (C=O) groups excluding carboxylic acids is 1. The lowest BCUT2D eigenvalue weighted by Crippen LogP contribution is -2.23. The Kier molecular flexibility index (Phi) is 6.03. The maximum atomic E-state index is 12.5. The first-order valence-corrected chi connectivity index (χ1v) is 11.0. The number of anilines is 1. The molecular weight excluding hydrogens is 388 g/mol. The van der Waals surface area contributed by atoms with Gasteiger partial charge in [-0.2, -0.15) is 5.10 Å². The van der Waals surface area contributed by atoms with Crippen LogP contribution in [0.5, 0.6) is 0 Å². The van der Waals surface area contributed by atoms with Crippen molar-refractivity contribution < 1.29 is 13.2 Å². The molecule has 0 radical (unpaired) electrons. The molecule has 8 heteroatoms. The van der Waals surface area contributed by atoms with Crippen LogP contribution in [0.15, 0.2) is 54.6 Å². The van der Waals surface area contributed by atoms with Gasteiger partial charge in [0.2, 0.25) is 10.0 Å². The smallest absolute Gasteiger partial charge is 0.251 e. The second-order valence-corrected chi connectivity index (χ2v) is 8.79. The summed E-state index contributed by atoms with van der Waals surface area (Å²) in [4.78, 5) is 12.5. The first-order chi connectivity index (χ1) is 13.7. The molecule has 3 rings (SSSR count). The summed E-state index contributed by atoms with van der Waals surface area (Å²) in [6.07, 6.45) is 1.07. The van der Waals surface area contributed by atoms with Gasteiger partial charge in [0, 0.05) is 23.5 Å². The number of nitrogens with one attached hydrogen (secondary N) is 2. The van der Waals surface area contributed by atoms with Crippen LogP contribution < -0.4 is 10.0 Å². The number of carbonyl (C=O) groups is 1. The highest BCUT2D eigenvalue weighted by atomic mass is 32.2. The molecule has 0 spiro atoms. The van der Waals surface area contributed by atoms with Crippen molar-refractivity contribution in [1.29, 1.82) is 0 Å². The molecule has 29 heavy (non-hydrogen) atoms. The largest absolute Gasteiger partial charge is 0.348 e. The minimum atomic E-state index is -3.40. The predicted octanol–water partition coefficient (Wildman–Crippen LogP) is 2.85. The molecule has 0 unspecified atom stereocenters. The Bertz CT molecular complexity index is 1140. The molecule has 1 heterocycles. The van der Waals surface area contributed by atoms with Gasteiger partial charge < -0.3 is 5.32 Å². The Labute approximate surface area is 170 Å². The number of hydrogen-bond donors (Lipinski definition) is 2. The van der Waals surface area contributed by atoms with Crippen molar-refractivity contribution in [3.63, 3.8) is 0 Å². The Morgan fingerprint density at radius 2 is 1.76 bits per heavy atom. The molecule has 152 valence electrons. The molecule has 3 aromatic rings. The molecule has 0 aliphatic carbocycles. The van der Waals surface area contributed by atoms with E-state index < -0.39 is 10.0 Å². The van der Waals surface area contributed by atoms with Crippen molar-refractivity contribution in [3.8, 4) is 0 Å². The average molecular weight is 413 g/mol. The Morgan fingerprint density at radius 1 is 1.03 bits per heavy atom. The van der Waals surface area contributed by atoms with Crippen LogP contribution in [0.4, 0.5) is 5.69 Å². The molecular formula is C21H24N4O3S. The fourth-order valence-corrected chi connectivity index (χ4v) is 3.62. The molecule has 0 atom stereocenters. The normalized spacial score (nSPS) is 11.3. The van der Waals surface area contributed by atoms with Crippen molar-refractivity contribution in [2.75, 3.05) is 11.0 Å². The van der Waals surface area contributed by atoms with Crippen molar-refractivity contribution >= 4 is 21.6 Å². The van der Waals surface area contributed by atoms with E-state index in [1.165, 1.54) is 6.07 Å². The van der Waals surface area contributed by atoms with E-state index in [2.05, 4.69) is 15.1 Å². The molecule has 0 aliphatic rings. The van der Waals surface area contributed by atoms with Crippen LogP contribution in [0.1, 0.15) is 32.9 Å². The molecule has 0 aliphatic heterocycles. The monoisotopic (exact) mass is 412 g/mol. The van der Waals surface area contributed by atoms with Gasteiger partial charge in [0.15, 0.2) is 0 Å². The lowest BCUT2D eigenvalue weighted by molar-refractivity contribution is 0.0951. The molecule has 0 saturated carbocycles. The van der Waals surface area contributed by atoms with Gasteiger partial charge in [-0.15, -0.1) is 0 Å². The van der Waals surface area contributed by atoms with Crippen LogP contribution >= 0.6 is 0 Å². The number of hydrogen-bond acceptors (Lipinski definition) is 4. The maximum Gasteiger partial charge on any atom is 0.251 e. The topological polar surface area (TPSA) is 93.1 Å².